The molecule has 0 radical (unpaired) electrons. The molecule has 12 aromatic carbocycles. The summed E-state index contributed by atoms with van der Waals surface area (Å²) in [7, 11) is 0. The van der Waals surface area contributed by atoms with E-state index in [4.69, 9.17) is 9.47 Å². The normalized spacial score (nSPS) is 14.1. The molecule has 9 heterocycles. The van der Waals surface area contributed by atoms with E-state index in [2.05, 4.69) is 268 Å². The summed E-state index contributed by atoms with van der Waals surface area (Å²) in [4.78, 5) is 7.87. The van der Waals surface area contributed by atoms with Crippen molar-refractivity contribution in [2.45, 2.75) is 27.2 Å². The van der Waals surface area contributed by atoms with Crippen LogP contribution in [0.3, 0.4) is 0 Å². The van der Waals surface area contributed by atoms with Gasteiger partial charge in [-0.15, -0.1) is 0 Å². The summed E-state index contributed by atoms with van der Waals surface area (Å²) in [6, 6.07) is 81.6. The summed E-state index contributed by atoms with van der Waals surface area (Å²) in [5, 5.41) is 7.24. The Kier molecular flexibility index (Phi) is 8.10. The van der Waals surface area contributed by atoms with Crippen LogP contribution in [0.2, 0.25) is 0 Å². The van der Waals surface area contributed by atoms with E-state index in [1.165, 1.54) is 93.5 Å². The zero-order valence-corrected chi connectivity index (χ0v) is 46.6. The average Bonchev–Trinajstić information content (AvgIpc) is 0.999. The predicted molar refractivity (Wildman–Crippen MR) is 349 cm³/mol. The van der Waals surface area contributed by atoms with Crippen LogP contribution in [0.1, 0.15) is 27.8 Å². The lowest BCUT2D eigenvalue weighted by atomic mass is 9.31. The molecule has 0 amide bonds. The van der Waals surface area contributed by atoms with Crippen molar-refractivity contribution in [3.63, 3.8) is 0 Å². The average molecular weight is 1090 g/mol. The summed E-state index contributed by atoms with van der Waals surface area (Å²) in [6.45, 7) is 6.34. The van der Waals surface area contributed by atoms with Crippen LogP contribution in [0.4, 0.5) is 51.2 Å². The predicted octanol–water partition coefficient (Wildman–Crippen LogP) is 17.9. The number of fused-ring (bicyclic) bond motifs is 18. The molecule has 85 heavy (non-hydrogen) atoms. The smallest absolute Gasteiger partial charge is 0.258 e. The number of hydrogen-bond donors (Lipinski definition) is 0. The number of aromatic nitrogens is 3. The highest BCUT2D eigenvalue weighted by Gasteiger charge is 2.56. The SMILES string of the molecule is Cc1ccc2c(c1)Cc1c(-n3c4ccccc4c4ccccc43)cc3c4c1N2c1cc(-n2c5ccccc5c5ccccc52)c2c5c1B4c1c(cc(-n4c6ccccc6c6ccccc64)c4c1N3c1ccc(C)cc1O4)N5c1ccc(C)cc1O2. The number of benzene rings is 12. The van der Waals surface area contributed by atoms with E-state index >= 15 is 0 Å². The van der Waals surface area contributed by atoms with Gasteiger partial charge in [0.2, 0.25) is 0 Å². The topological polar surface area (TPSA) is 43.0 Å². The minimum absolute atomic E-state index is 0.246. The minimum atomic E-state index is -0.246. The number of aryl methyl sites for hydroxylation is 3. The van der Waals surface area contributed by atoms with Crippen molar-refractivity contribution >= 4 is 140 Å². The van der Waals surface area contributed by atoms with Gasteiger partial charge >= 0.3 is 0 Å². The van der Waals surface area contributed by atoms with Crippen molar-refractivity contribution in [1.82, 2.24) is 13.7 Å². The lowest BCUT2D eigenvalue weighted by molar-refractivity contribution is 0.473. The largest absolute Gasteiger partial charge is 0.451 e. The molecular formula is C76H47BN6O2. The van der Waals surface area contributed by atoms with Gasteiger partial charge in [-0.25, -0.2) is 0 Å². The molecule has 6 aliphatic heterocycles. The van der Waals surface area contributed by atoms with Gasteiger partial charge in [0.15, 0.2) is 23.0 Å². The molecule has 0 N–H and O–H groups in total. The van der Waals surface area contributed by atoms with E-state index in [1.807, 2.05) is 0 Å². The lowest BCUT2D eigenvalue weighted by Crippen LogP contribution is -2.66. The molecule has 0 bridgehead atoms. The maximum Gasteiger partial charge on any atom is 0.258 e. The molecule has 21 rings (SSSR count). The van der Waals surface area contributed by atoms with Crippen LogP contribution in [0.5, 0.6) is 23.0 Å². The molecule has 396 valence electrons. The molecule has 0 saturated heterocycles. The first-order chi connectivity index (χ1) is 41.9. The summed E-state index contributed by atoms with van der Waals surface area (Å²) in [6.07, 6.45) is 0.748. The zero-order chi connectivity index (χ0) is 55.4. The highest BCUT2D eigenvalue weighted by atomic mass is 16.5. The van der Waals surface area contributed by atoms with Crippen molar-refractivity contribution in [3.8, 4) is 40.1 Å². The van der Waals surface area contributed by atoms with Crippen LogP contribution in [-0.4, -0.2) is 20.4 Å². The third-order valence-corrected chi connectivity index (χ3v) is 19.6. The first-order valence-electron chi connectivity index (χ1n) is 29.6. The molecule has 0 saturated carbocycles. The second-order valence-corrected chi connectivity index (χ2v) is 24.2. The molecule has 3 aromatic heterocycles. The van der Waals surface area contributed by atoms with Gasteiger partial charge in [-0.2, -0.15) is 0 Å². The molecular weight excluding hydrogens is 1040 g/mol. The molecule has 0 unspecified atom stereocenters. The van der Waals surface area contributed by atoms with Crippen LogP contribution in [0.25, 0.3) is 82.5 Å². The fourth-order valence-corrected chi connectivity index (χ4v) is 16.3. The van der Waals surface area contributed by atoms with Crippen LogP contribution < -0.4 is 40.6 Å². The van der Waals surface area contributed by atoms with E-state index in [9.17, 15) is 0 Å². The maximum absolute atomic E-state index is 7.75. The Morgan fingerprint density at radius 1 is 0.306 bits per heavy atom. The molecule has 0 fully saturated rings. The Morgan fingerprint density at radius 3 is 1.05 bits per heavy atom. The zero-order valence-electron chi connectivity index (χ0n) is 46.6. The number of anilines is 9. The molecule has 8 nitrogen and oxygen atoms in total. The van der Waals surface area contributed by atoms with Crippen LogP contribution in [-0.2, 0) is 6.42 Å². The third kappa shape index (κ3) is 5.38. The first kappa shape index (κ1) is 44.7. The van der Waals surface area contributed by atoms with Gasteiger partial charge < -0.3 is 37.9 Å². The van der Waals surface area contributed by atoms with Gasteiger partial charge in [-0.3, -0.25) is 0 Å². The van der Waals surface area contributed by atoms with Crippen molar-refractivity contribution in [1.29, 1.82) is 0 Å². The maximum atomic E-state index is 7.75. The second-order valence-electron chi connectivity index (χ2n) is 24.2. The van der Waals surface area contributed by atoms with Crippen molar-refractivity contribution in [3.05, 3.63) is 246 Å². The standard InChI is InChI=1S/C76H47BN6O2/c1-41-28-31-52-44(34-41)37-51-61(78-53-22-10-4-16-45(53)46-17-5-11-23-54(46)78)38-62-69-72(51)81(52)63-39-65(79-55-24-12-6-18-47(55)48-19-7-13-25-56(48)79)75-73-70(63)77(69)71-64(83(73)60-33-30-43(3)36-68(60)85-75)40-66(76-74(71)82(62)59-32-29-42(2)35-67(59)84-76)80-57-26-14-8-20-49(57)50-21-9-15-27-58(50)80/h4-36,38-40H,37H2,1-3H3. The van der Waals surface area contributed by atoms with Gasteiger partial charge in [0.1, 0.15) is 0 Å². The highest BCUT2D eigenvalue weighted by Crippen LogP contribution is 2.64. The van der Waals surface area contributed by atoms with E-state index in [1.54, 1.807) is 0 Å². The van der Waals surface area contributed by atoms with Gasteiger partial charge in [0, 0.05) is 72.7 Å². The fourth-order valence-electron chi connectivity index (χ4n) is 16.3. The van der Waals surface area contributed by atoms with Crippen molar-refractivity contribution in [2.75, 3.05) is 14.7 Å². The Balaban J connectivity index is 1.00. The molecule has 9 heteroatoms. The monoisotopic (exact) mass is 1090 g/mol. The number of rotatable bonds is 3. The molecule has 0 spiro atoms. The number of ether oxygens (including phenoxy) is 2. The summed E-state index contributed by atoms with van der Waals surface area (Å²) >= 11 is 0. The van der Waals surface area contributed by atoms with Crippen molar-refractivity contribution in [2.24, 2.45) is 0 Å². The highest BCUT2D eigenvalue weighted by molar-refractivity contribution is 7.03. The minimum Gasteiger partial charge on any atom is -0.451 e. The van der Waals surface area contributed by atoms with Gasteiger partial charge in [-0.05, 0) is 139 Å². The first-order valence-corrected chi connectivity index (χ1v) is 29.6. The van der Waals surface area contributed by atoms with E-state index in [-0.39, 0.29) is 6.71 Å². The van der Waals surface area contributed by atoms with E-state index < -0.39 is 0 Å². The molecule has 15 aromatic rings. The lowest BCUT2D eigenvalue weighted by Gasteiger charge is -2.53. The molecule has 0 atom stereocenters. The number of para-hydroxylation sites is 6. The van der Waals surface area contributed by atoms with Gasteiger partial charge in [-0.1, -0.05) is 139 Å². The van der Waals surface area contributed by atoms with Gasteiger partial charge in [0.25, 0.3) is 6.71 Å². The van der Waals surface area contributed by atoms with Crippen LogP contribution in [0, 0.1) is 20.8 Å². The number of hydrogen-bond acceptors (Lipinski definition) is 5. The molecule has 0 aliphatic carbocycles. The summed E-state index contributed by atoms with van der Waals surface area (Å²) < 4.78 is 23.0. The molecule has 6 aliphatic rings. The summed E-state index contributed by atoms with van der Waals surface area (Å²) in [5.41, 5.74) is 29.7. The Labute approximate surface area is 488 Å². The fraction of sp³-hybridized carbons (Fsp3) is 0.0526. The van der Waals surface area contributed by atoms with Gasteiger partial charge in [0.05, 0.1) is 72.9 Å². The van der Waals surface area contributed by atoms with Crippen LogP contribution in [0.15, 0.2) is 218 Å². The summed E-state index contributed by atoms with van der Waals surface area (Å²) in [5.74, 6) is 3.30. The number of nitrogens with zero attached hydrogens (tertiary/aromatic N) is 6. The quantitative estimate of drug-likeness (QED) is 0.165. The second kappa shape index (κ2) is 15.4. The Bertz CT molecular complexity index is 4970. The van der Waals surface area contributed by atoms with E-state index in [0.29, 0.717) is 0 Å². The van der Waals surface area contributed by atoms with E-state index in [0.717, 1.165) is 114 Å². The van der Waals surface area contributed by atoms with Crippen molar-refractivity contribution < 1.29 is 9.47 Å². The Hall–Kier alpha value is -10.9. The Morgan fingerprint density at radius 2 is 0.635 bits per heavy atom. The third-order valence-electron chi connectivity index (χ3n) is 19.6. The van der Waals surface area contributed by atoms with Crippen LogP contribution >= 0.6 is 0 Å².